The number of benzene rings is 1. The molecular weight excluding hydrogens is 350 g/mol. The Bertz CT molecular complexity index is 835. The zero-order valence-electron chi connectivity index (χ0n) is 15.0. The van der Waals surface area contributed by atoms with Gasteiger partial charge in [-0.2, -0.15) is 5.26 Å². The van der Waals surface area contributed by atoms with Crippen molar-refractivity contribution in [3.8, 4) is 6.07 Å². The van der Waals surface area contributed by atoms with E-state index in [9.17, 15) is 24.4 Å². The molecule has 3 rings (SSSR count). The quantitative estimate of drug-likeness (QED) is 0.591. The number of hydrogen-bond donors (Lipinski definition) is 1. The third kappa shape index (κ3) is 3.40. The van der Waals surface area contributed by atoms with E-state index in [2.05, 4.69) is 11.4 Å². The zero-order chi connectivity index (χ0) is 19.8. The zero-order valence-corrected chi connectivity index (χ0v) is 15.0. The summed E-state index contributed by atoms with van der Waals surface area (Å²) in [6.45, 7) is 2.41. The Kier molecular flexibility index (Phi) is 4.70. The highest BCUT2D eigenvalue weighted by atomic mass is 16.5. The molecule has 0 unspecified atom stereocenters. The molecule has 2 aliphatic rings. The molecule has 1 saturated carbocycles. The third-order valence-electron chi connectivity index (χ3n) is 4.92. The normalized spacial score (nSPS) is 18.9. The van der Waals surface area contributed by atoms with Crippen LogP contribution in [-0.2, 0) is 14.3 Å². The van der Waals surface area contributed by atoms with E-state index >= 15 is 0 Å². The van der Waals surface area contributed by atoms with Crippen molar-refractivity contribution in [1.82, 2.24) is 10.2 Å². The van der Waals surface area contributed by atoms with Crippen LogP contribution >= 0.6 is 0 Å². The van der Waals surface area contributed by atoms with Crippen molar-refractivity contribution in [2.75, 3.05) is 6.61 Å². The van der Waals surface area contributed by atoms with Crippen molar-refractivity contribution >= 4 is 23.7 Å². The van der Waals surface area contributed by atoms with Gasteiger partial charge in [-0.05, 0) is 44.7 Å². The van der Waals surface area contributed by atoms with E-state index in [0.29, 0.717) is 0 Å². The molecule has 1 aliphatic heterocycles. The topological polar surface area (TPSA) is 117 Å². The van der Waals surface area contributed by atoms with E-state index in [1.54, 1.807) is 19.1 Å². The molecule has 0 spiro atoms. The highest BCUT2D eigenvalue weighted by Gasteiger charge is 2.44. The summed E-state index contributed by atoms with van der Waals surface area (Å²) < 4.78 is 4.96. The van der Waals surface area contributed by atoms with Crippen molar-refractivity contribution in [3.05, 3.63) is 35.4 Å². The SMILES string of the molecule is C[C@@H](C(=O)OCC(=O)N[C@@](C)(C#N)C1CC1)N1C(=O)c2ccccc2C1=O. The Hall–Kier alpha value is -3.21. The number of rotatable bonds is 6. The van der Waals surface area contributed by atoms with Gasteiger partial charge in [0.25, 0.3) is 17.7 Å². The van der Waals surface area contributed by atoms with Crippen molar-refractivity contribution in [1.29, 1.82) is 5.26 Å². The lowest BCUT2D eigenvalue weighted by Crippen LogP contribution is -2.49. The average Bonchev–Trinajstić information content (AvgIpc) is 3.48. The molecule has 1 aromatic rings. The number of carbonyl (C=O) groups excluding carboxylic acids is 4. The minimum atomic E-state index is -1.17. The summed E-state index contributed by atoms with van der Waals surface area (Å²) in [6.07, 6.45) is 1.72. The van der Waals surface area contributed by atoms with E-state index in [1.165, 1.54) is 19.1 Å². The molecule has 8 nitrogen and oxygen atoms in total. The van der Waals surface area contributed by atoms with Gasteiger partial charge in [0.2, 0.25) is 0 Å². The maximum atomic E-state index is 12.4. The maximum Gasteiger partial charge on any atom is 0.329 e. The molecule has 1 heterocycles. The maximum absolute atomic E-state index is 12.4. The van der Waals surface area contributed by atoms with E-state index < -0.39 is 41.9 Å². The summed E-state index contributed by atoms with van der Waals surface area (Å²) in [7, 11) is 0. The predicted octanol–water partition coefficient (Wildman–Crippen LogP) is 1.02. The minimum absolute atomic E-state index is 0.0967. The van der Waals surface area contributed by atoms with Gasteiger partial charge in [-0.1, -0.05) is 12.1 Å². The molecule has 3 amide bonds. The molecule has 140 valence electrons. The number of imide groups is 1. The minimum Gasteiger partial charge on any atom is -0.454 e. The van der Waals surface area contributed by atoms with Gasteiger partial charge in [-0.3, -0.25) is 19.3 Å². The number of fused-ring (bicyclic) bond motifs is 1. The van der Waals surface area contributed by atoms with Gasteiger partial charge in [0.05, 0.1) is 17.2 Å². The predicted molar refractivity (Wildman–Crippen MR) is 92.2 cm³/mol. The van der Waals surface area contributed by atoms with Crippen LogP contribution in [0.2, 0.25) is 0 Å². The second kappa shape index (κ2) is 6.83. The Morgan fingerprint density at radius 1 is 1.30 bits per heavy atom. The van der Waals surface area contributed by atoms with Gasteiger partial charge in [0, 0.05) is 0 Å². The fourth-order valence-corrected chi connectivity index (χ4v) is 3.13. The van der Waals surface area contributed by atoms with Crippen LogP contribution in [0.25, 0.3) is 0 Å². The molecular formula is C19H19N3O5. The number of hydrogen-bond acceptors (Lipinski definition) is 6. The Labute approximate surface area is 156 Å². The Morgan fingerprint density at radius 2 is 1.85 bits per heavy atom. The molecule has 0 radical (unpaired) electrons. The molecule has 0 saturated heterocycles. The van der Waals surface area contributed by atoms with Crippen molar-refractivity contribution in [3.63, 3.8) is 0 Å². The van der Waals surface area contributed by atoms with Crippen LogP contribution in [0, 0.1) is 17.2 Å². The number of carbonyl (C=O) groups is 4. The molecule has 1 fully saturated rings. The van der Waals surface area contributed by atoms with Gasteiger partial charge in [0.1, 0.15) is 11.6 Å². The molecule has 0 aromatic heterocycles. The molecule has 27 heavy (non-hydrogen) atoms. The Morgan fingerprint density at radius 3 is 2.33 bits per heavy atom. The second-order valence-corrected chi connectivity index (χ2v) is 6.95. The van der Waals surface area contributed by atoms with Crippen LogP contribution in [0.3, 0.4) is 0 Å². The summed E-state index contributed by atoms with van der Waals surface area (Å²) in [5, 5.41) is 11.8. The van der Waals surface area contributed by atoms with Crippen LogP contribution in [0.1, 0.15) is 47.4 Å². The summed E-state index contributed by atoms with van der Waals surface area (Å²) in [4.78, 5) is 49.9. The van der Waals surface area contributed by atoms with Crippen molar-refractivity contribution < 1.29 is 23.9 Å². The van der Waals surface area contributed by atoms with Gasteiger partial charge in [0.15, 0.2) is 6.61 Å². The number of ether oxygens (including phenoxy) is 1. The largest absolute Gasteiger partial charge is 0.454 e. The van der Waals surface area contributed by atoms with Crippen LogP contribution in [-0.4, -0.2) is 46.8 Å². The van der Waals surface area contributed by atoms with E-state index in [4.69, 9.17) is 4.74 Å². The number of esters is 1. The first-order valence-electron chi connectivity index (χ1n) is 8.64. The van der Waals surface area contributed by atoms with Gasteiger partial charge in [-0.25, -0.2) is 4.79 Å². The molecule has 1 N–H and O–H groups in total. The first-order chi connectivity index (χ1) is 12.8. The molecule has 1 aliphatic carbocycles. The van der Waals surface area contributed by atoms with Crippen LogP contribution in [0.5, 0.6) is 0 Å². The van der Waals surface area contributed by atoms with Gasteiger partial charge < -0.3 is 10.1 Å². The number of nitrogens with one attached hydrogen (secondary N) is 1. The summed E-state index contributed by atoms with van der Waals surface area (Å²) in [5.41, 5.74) is -0.527. The van der Waals surface area contributed by atoms with E-state index in [0.717, 1.165) is 17.7 Å². The highest BCUT2D eigenvalue weighted by molar-refractivity contribution is 6.22. The summed E-state index contributed by atoms with van der Waals surface area (Å²) >= 11 is 0. The van der Waals surface area contributed by atoms with Crippen molar-refractivity contribution in [2.24, 2.45) is 5.92 Å². The molecule has 1 aromatic carbocycles. The Balaban J connectivity index is 1.59. The summed E-state index contributed by atoms with van der Waals surface area (Å²) in [5.74, 6) is -2.52. The van der Waals surface area contributed by atoms with Crippen LogP contribution < -0.4 is 5.32 Å². The number of nitriles is 1. The lowest BCUT2D eigenvalue weighted by Gasteiger charge is -2.24. The lowest BCUT2D eigenvalue weighted by molar-refractivity contribution is -0.152. The fourth-order valence-electron chi connectivity index (χ4n) is 3.13. The smallest absolute Gasteiger partial charge is 0.329 e. The lowest BCUT2D eigenvalue weighted by atomic mass is 9.98. The number of nitrogens with zero attached hydrogens (tertiary/aromatic N) is 2. The third-order valence-corrected chi connectivity index (χ3v) is 4.92. The first-order valence-corrected chi connectivity index (χ1v) is 8.64. The van der Waals surface area contributed by atoms with Crippen molar-refractivity contribution in [2.45, 2.75) is 38.3 Å². The van der Waals surface area contributed by atoms with E-state index in [1.807, 2.05) is 0 Å². The summed E-state index contributed by atoms with van der Waals surface area (Å²) in [6, 6.07) is 7.20. The number of amides is 3. The van der Waals surface area contributed by atoms with Crippen LogP contribution in [0.15, 0.2) is 24.3 Å². The van der Waals surface area contributed by atoms with E-state index in [-0.39, 0.29) is 17.0 Å². The molecule has 8 heteroatoms. The second-order valence-electron chi connectivity index (χ2n) is 6.95. The average molecular weight is 369 g/mol. The van der Waals surface area contributed by atoms with Gasteiger partial charge >= 0.3 is 5.97 Å². The molecule has 0 bridgehead atoms. The standard InChI is InChI=1S/C19H19N3O5/c1-11(22-16(24)13-5-3-4-6-14(13)17(22)25)18(26)27-9-15(23)21-19(2,10-20)12-7-8-12/h3-6,11-12H,7-9H2,1-2H3,(H,21,23)/t11-,19-/m0/s1. The highest BCUT2D eigenvalue weighted by Crippen LogP contribution is 2.39. The van der Waals surface area contributed by atoms with Gasteiger partial charge in [-0.15, -0.1) is 0 Å². The first kappa shape index (κ1) is 18.6. The molecule has 2 atom stereocenters. The monoisotopic (exact) mass is 369 g/mol. The fraction of sp³-hybridized carbons (Fsp3) is 0.421. The van der Waals surface area contributed by atoms with Crippen LogP contribution in [0.4, 0.5) is 0 Å².